The third-order valence-corrected chi connectivity index (χ3v) is 4.39. The van der Waals surface area contributed by atoms with E-state index in [0.29, 0.717) is 0 Å². The molecule has 0 spiro atoms. The van der Waals surface area contributed by atoms with Crippen LogP contribution in [-0.4, -0.2) is 81.6 Å². The van der Waals surface area contributed by atoms with Gasteiger partial charge in [0.15, 0.2) is 0 Å². The number of esters is 1. The van der Waals surface area contributed by atoms with E-state index in [1.807, 2.05) is 30.3 Å². The average Bonchev–Trinajstić information content (AvgIpc) is 2.82. The zero-order valence-electron chi connectivity index (χ0n) is 22.0. The van der Waals surface area contributed by atoms with Crippen LogP contribution in [0, 0.1) is 0 Å². The van der Waals surface area contributed by atoms with Crippen LogP contribution in [0.25, 0.3) is 0 Å². The van der Waals surface area contributed by atoms with Crippen LogP contribution in [0.2, 0.25) is 0 Å². The van der Waals surface area contributed by atoms with Crippen molar-refractivity contribution in [1.29, 1.82) is 0 Å². The molecule has 11 nitrogen and oxygen atoms in total. The summed E-state index contributed by atoms with van der Waals surface area (Å²) in [4.78, 5) is 47.9. The fraction of sp³-hybridized carbons (Fsp3) is 0.538. The maximum atomic E-state index is 12.7. The van der Waals surface area contributed by atoms with Crippen LogP contribution < -0.4 is 16.0 Å². The molecule has 3 N–H and O–H groups in total. The Labute approximate surface area is 218 Å². The van der Waals surface area contributed by atoms with Gasteiger partial charge in [-0.05, 0) is 33.3 Å². The van der Waals surface area contributed by atoms with Gasteiger partial charge in [-0.15, -0.1) is 0 Å². The predicted octanol–water partition coefficient (Wildman–Crippen LogP) is 1.51. The molecule has 37 heavy (non-hydrogen) atoms. The first kappa shape index (κ1) is 31.6. The third-order valence-electron chi connectivity index (χ3n) is 4.39. The van der Waals surface area contributed by atoms with Crippen LogP contribution in [0.15, 0.2) is 42.5 Å². The number of hydrogen-bond donors (Lipinski definition) is 3. The van der Waals surface area contributed by atoms with Crippen molar-refractivity contribution in [2.45, 2.75) is 45.8 Å². The summed E-state index contributed by atoms with van der Waals surface area (Å²) in [7, 11) is 0. The molecule has 0 saturated carbocycles. The molecule has 206 valence electrons. The number of alkyl carbamates (subject to hydrolysis) is 1. The molecule has 0 bridgehead atoms. The van der Waals surface area contributed by atoms with Crippen LogP contribution in [0.4, 0.5) is 4.79 Å². The van der Waals surface area contributed by atoms with Crippen molar-refractivity contribution in [2.75, 3.05) is 46.1 Å². The topological polar surface area (TPSA) is 141 Å². The Morgan fingerprint density at radius 3 is 2.35 bits per heavy atom. The number of nitrogens with one attached hydrogen (secondary N) is 3. The molecule has 1 aromatic rings. The second-order valence-electron chi connectivity index (χ2n) is 8.80. The Kier molecular flexibility index (Phi) is 15.3. The molecule has 1 atom stereocenters. The lowest BCUT2D eigenvalue weighted by Gasteiger charge is -2.19. The van der Waals surface area contributed by atoms with Crippen molar-refractivity contribution in [3.8, 4) is 0 Å². The number of rotatable bonds is 16. The lowest BCUT2D eigenvalue weighted by atomic mass is 10.1. The minimum absolute atomic E-state index is 0.107. The number of carbonyl (C=O) groups is 4. The summed E-state index contributed by atoms with van der Waals surface area (Å²) in [5.74, 6) is -1.34. The predicted molar refractivity (Wildman–Crippen MR) is 137 cm³/mol. The molecule has 1 unspecified atom stereocenters. The Hall–Kier alpha value is -3.44. The minimum atomic E-state index is -0.829. The van der Waals surface area contributed by atoms with Gasteiger partial charge in [-0.3, -0.25) is 9.59 Å². The van der Waals surface area contributed by atoms with Gasteiger partial charge in [0.1, 0.15) is 18.2 Å². The fourth-order valence-corrected chi connectivity index (χ4v) is 2.85. The molecular formula is C26H39N3O8. The summed E-state index contributed by atoms with van der Waals surface area (Å²) >= 11 is 0. The van der Waals surface area contributed by atoms with Gasteiger partial charge in [0.25, 0.3) is 0 Å². The standard InChI is InChI=1S/C26H39N3O8/c1-5-36-23(31)12-9-13-27-24(32)21(18-20-10-7-6-8-11-20)29-22(30)19-35-17-16-34-15-14-28-25(33)37-26(2,3)4/h6-12,21H,5,13-19H2,1-4H3,(H,27,32)(H,28,33)(H,29,30). The first-order valence-electron chi connectivity index (χ1n) is 12.2. The smallest absolute Gasteiger partial charge is 0.407 e. The van der Waals surface area contributed by atoms with Gasteiger partial charge in [-0.2, -0.15) is 0 Å². The van der Waals surface area contributed by atoms with Crippen molar-refractivity contribution in [3.63, 3.8) is 0 Å². The van der Waals surface area contributed by atoms with Crippen molar-refractivity contribution >= 4 is 23.9 Å². The van der Waals surface area contributed by atoms with Crippen LogP contribution >= 0.6 is 0 Å². The minimum Gasteiger partial charge on any atom is -0.463 e. The second-order valence-corrected chi connectivity index (χ2v) is 8.80. The van der Waals surface area contributed by atoms with E-state index in [1.165, 1.54) is 12.2 Å². The number of carbonyl (C=O) groups excluding carboxylic acids is 4. The highest BCUT2D eigenvalue weighted by Crippen LogP contribution is 2.06. The Morgan fingerprint density at radius 2 is 1.68 bits per heavy atom. The van der Waals surface area contributed by atoms with Crippen molar-refractivity contribution in [3.05, 3.63) is 48.0 Å². The van der Waals surface area contributed by atoms with Gasteiger partial charge in [0.2, 0.25) is 11.8 Å². The lowest BCUT2D eigenvalue weighted by Crippen LogP contribution is -2.49. The molecule has 1 rings (SSSR count). The van der Waals surface area contributed by atoms with E-state index < -0.39 is 35.5 Å². The zero-order valence-corrected chi connectivity index (χ0v) is 22.0. The van der Waals surface area contributed by atoms with Gasteiger partial charge >= 0.3 is 12.1 Å². The highest BCUT2D eigenvalue weighted by Gasteiger charge is 2.21. The van der Waals surface area contributed by atoms with E-state index >= 15 is 0 Å². The molecule has 0 heterocycles. The Bertz CT molecular complexity index is 868. The summed E-state index contributed by atoms with van der Waals surface area (Å²) in [6, 6.07) is 8.45. The molecular weight excluding hydrogens is 482 g/mol. The summed E-state index contributed by atoms with van der Waals surface area (Å²) in [6.07, 6.45) is 2.48. The molecule has 0 radical (unpaired) electrons. The molecule has 0 aliphatic carbocycles. The van der Waals surface area contributed by atoms with Crippen LogP contribution in [-0.2, 0) is 39.8 Å². The molecule has 11 heteroatoms. The quantitative estimate of drug-likeness (QED) is 0.169. The summed E-state index contributed by atoms with van der Waals surface area (Å²) in [5, 5.41) is 7.93. The SMILES string of the molecule is CCOC(=O)C=CCNC(=O)C(Cc1ccccc1)NC(=O)COCCOCCNC(=O)OC(C)(C)C. The lowest BCUT2D eigenvalue weighted by molar-refractivity contribution is -0.137. The van der Waals surface area contributed by atoms with E-state index in [4.69, 9.17) is 18.9 Å². The van der Waals surface area contributed by atoms with E-state index in [9.17, 15) is 19.2 Å². The first-order chi connectivity index (χ1) is 17.6. The van der Waals surface area contributed by atoms with Gasteiger partial charge in [0.05, 0.1) is 26.4 Å². The molecule has 0 saturated heterocycles. The molecule has 1 aromatic carbocycles. The van der Waals surface area contributed by atoms with Gasteiger partial charge in [-0.1, -0.05) is 36.4 Å². The van der Waals surface area contributed by atoms with Crippen LogP contribution in [0.5, 0.6) is 0 Å². The highest BCUT2D eigenvalue weighted by atomic mass is 16.6. The van der Waals surface area contributed by atoms with Gasteiger partial charge < -0.3 is 34.9 Å². The Morgan fingerprint density at radius 1 is 0.973 bits per heavy atom. The average molecular weight is 522 g/mol. The van der Waals surface area contributed by atoms with E-state index in [0.717, 1.165) is 5.56 Å². The number of amides is 3. The van der Waals surface area contributed by atoms with Crippen LogP contribution in [0.3, 0.4) is 0 Å². The largest absolute Gasteiger partial charge is 0.463 e. The maximum Gasteiger partial charge on any atom is 0.407 e. The Balaban J connectivity index is 2.37. The van der Waals surface area contributed by atoms with Gasteiger partial charge in [0, 0.05) is 25.6 Å². The fourth-order valence-electron chi connectivity index (χ4n) is 2.85. The van der Waals surface area contributed by atoms with E-state index in [1.54, 1.807) is 27.7 Å². The summed E-state index contributed by atoms with van der Waals surface area (Å²) in [5.41, 5.74) is 0.306. The summed E-state index contributed by atoms with van der Waals surface area (Å²) in [6.45, 7) is 8.08. The molecule has 3 amide bonds. The zero-order chi connectivity index (χ0) is 27.5. The molecule has 0 fully saturated rings. The number of hydrogen-bond acceptors (Lipinski definition) is 8. The maximum absolute atomic E-state index is 12.7. The van der Waals surface area contributed by atoms with Crippen molar-refractivity contribution in [1.82, 2.24) is 16.0 Å². The monoisotopic (exact) mass is 521 g/mol. The summed E-state index contributed by atoms with van der Waals surface area (Å²) < 4.78 is 20.6. The highest BCUT2D eigenvalue weighted by molar-refractivity contribution is 5.88. The molecule has 0 aromatic heterocycles. The van der Waals surface area contributed by atoms with E-state index in [2.05, 4.69) is 16.0 Å². The number of benzene rings is 1. The van der Waals surface area contributed by atoms with Crippen LogP contribution in [0.1, 0.15) is 33.3 Å². The number of ether oxygens (including phenoxy) is 4. The van der Waals surface area contributed by atoms with Gasteiger partial charge in [-0.25, -0.2) is 9.59 Å². The van der Waals surface area contributed by atoms with E-state index in [-0.39, 0.29) is 52.5 Å². The van der Waals surface area contributed by atoms with Crippen molar-refractivity contribution in [2.24, 2.45) is 0 Å². The molecule has 0 aliphatic rings. The third kappa shape index (κ3) is 16.8. The molecule has 0 aliphatic heterocycles. The van der Waals surface area contributed by atoms with Crippen molar-refractivity contribution < 1.29 is 38.1 Å². The second kappa shape index (κ2) is 17.9. The normalized spacial score (nSPS) is 12.0. The first-order valence-corrected chi connectivity index (χ1v) is 12.2.